The molecule has 0 aliphatic carbocycles. The van der Waals surface area contributed by atoms with Crippen molar-refractivity contribution < 1.29 is 48.6 Å². The van der Waals surface area contributed by atoms with Crippen LogP contribution >= 0.6 is 23.2 Å². The molecule has 13 nitrogen and oxygen atoms in total. The molecule has 3 aliphatic heterocycles. The quantitative estimate of drug-likeness (QED) is 0.0881. The average molecular weight is 769 g/mol. The second kappa shape index (κ2) is 17.5. The summed E-state index contributed by atoms with van der Waals surface area (Å²) < 4.78 is 17.7. The molecule has 1 aromatic heterocycles. The highest BCUT2D eigenvalue weighted by atomic mass is 35.5. The van der Waals surface area contributed by atoms with Crippen LogP contribution in [-0.2, 0) is 22.5 Å². The van der Waals surface area contributed by atoms with Crippen LogP contribution in [0.4, 0.5) is 10.5 Å². The van der Waals surface area contributed by atoms with Gasteiger partial charge < -0.3 is 34.7 Å². The lowest BCUT2D eigenvalue weighted by molar-refractivity contribution is -0.605. The number of halogens is 2. The molecule has 7 rings (SSSR count). The van der Waals surface area contributed by atoms with Crippen molar-refractivity contribution in [1.29, 1.82) is 0 Å². The number of hydrogen-bond acceptors (Lipinski definition) is 9. The Hall–Kier alpha value is -5.24. The third kappa shape index (κ3) is 9.05. The Labute approximate surface area is 316 Å². The van der Waals surface area contributed by atoms with Crippen LogP contribution in [0.5, 0.6) is 17.2 Å². The number of amides is 1. The number of carbonyl (C=O) groups is 3. The predicted octanol–water partition coefficient (Wildman–Crippen LogP) is 6.36. The van der Waals surface area contributed by atoms with Gasteiger partial charge in [-0.3, -0.25) is 14.6 Å². The number of rotatable bonds is 11. The van der Waals surface area contributed by atoms with Crippen LogP contribution in [0.2, 0.25) is 10.0 Å². The maximum atomic E-state index is 14.1. The largest absolute Gasteiger partial charge is 0.619 e. The van der Waals surface area contributed by atoms with Crippen LogP contribution in [0, 0.1) is 11.1 Å². The molecule has 0 radical (unpaired) electrons. The molecule has 0 saturated carbocycles. The molecule has 0 unspecified atom stereocenters. The SMILES string of the molecule is COc1ccc([C@H](Cc2c(Cl)c[n+]([O-])cc2Cl)c2c(CN(C(=O)O[C@H]3CN4CCC3CC4)c3cccc(O)c3)cccc2C(=O)O)cc1OC.O=CO. The monoisotopic (exact) mass is 767 g/mol. The average Bonchev–Trinajstić information content (AvgIpc) is 3.14. The Morgan fingerprint density at radius 1 is 1.02 bits per heavy atom. The minimum atomic E-state index is -1.19. The molecule has 53 heavy (non-hydrogen) atoms. The van der Waals surface area contributed by atoms with Crippen LogP contribution < -0.4 is 19.1 Å². The highest BCUT2D eigenvalue weighted by Crippen LogP contribution is 2.41. The van der Waals surface area contributed by atoms with E-state index in [2.05, 4.69) is 4.90 Å². The number of piperidine rings is 3. The van der Waals surface area contributed by atoms with E-state index in [9.17, 15) is 25.0 Å². The maximum Gasteiger partial charge on any atom is 0.414 e. The van der Waals surface area contributed by atoms with Gasteiger partial charge in [0.05, 0.1) is 32.0 Å². The number of nitrogens with zero attached hydrogens (tertiary/aromatic N) is 3. The summed E-state index contributed by atoms with van der Waals surface area (Å²) in [5.41, 5.74) is 2.32. The first-order valence-electron chi connectivity index (χ1n) is 16.7. The zero-order valence-electron chi connectivity index (χ0n) is 29.0. The Kier molecular flexibility index (Phi) is 12.9. The molecule has 3 aromatic carbocycles. The van der Waals surface area contributed by atoms with Crippen molar-refractivity contribution in [3.05, 3.63) is 116 Å². The van der Waals surface area contributed by atoms with E-state index in [1.54, 1.807) is 42.5 Å². The third-order valence-electron chi connectivity index (χ3n) is 9.59. The molecule has 2 bridgehead atoms. The summed E-state index contributed by atoms with van der Waals surface area (Å²) in [5, 5.41) is 40.2. The predicted molar refractivity (Wildman–Crippen MR) is 196 cm³/mol. The van der Waals surface area contributed by atoms with Crippen LogP contribution in [0.25, 0.3) is 0 Å². The molecular formula is C38H39Cl2N3O10. The number of aromatic nitrogens is 1. The van der Waals surface area contributed by atoms with E-state index in [-0.39, 0.29) is 52.8 Å². The second-order valence-electron chi connectivity index (χ2n) is 12.6. The van der Waals surface area contributed by atoms with Crippen molar-refractivity contribution >= 4 is 47.4 Å². The van der Waals surface area contributed by atoms with Gasteiger partial charge in [0.15, 0.2) is 23.9 Å². The molecule has 1 amide bonds. The lowest BCUT2D eigenvalue weighted by Gasteiger charge is -2.44. The molecule has 3 aliphatic rings. The number of ether oxygens (including phenoxy) is 3. The Bertz CT molecular complexity index is 1930. The third-order valence-corrected chi connectivity index (χ3v) is 10.2. The summed E-state index contributed by atoms with van der Waals surface area (Å²) in [6, 6.07) is 16.4. The molecule has 3 fully saturated rings. The van der Waals surface area contributed by atoms with Crippen molar-refractivity contribution in [2.45, 2.75) is 37.8 Å². The molecule has 4 aromatic rings. The van der Waals surface area contributed by atoms with E-state index in [0.717, 1.165) is 25.9 Å². The summed E-state index contributed by atoms with van der Waals surface area (Å²) >= 11 is 13.2. The number of carbonyl (C=O) groups excluding carboxylic acids is 1. The summed E-state index contributed by atoms with van der Waals surface area (Å²) in [6.07, 6.45) is 3.44. The number of benzene rings is 3. The van der Waals surface area contributed by atoms with Gasteiger partial charge in [-0.2, -0.15) is 4.73 Å². The van der Waals surface area contributed by atoms with E-state index >= 15 is 0 Å². The standard InChI is InChI=1S/C37H37Cl2N3O8.CH2O2/c1-48-32-10-9-23(15-33(32)49-2)28(17-29-30(38)19-41(47)20-31(29)39)35-24(5-3-8-27(35)36(44)45)18-42(25-6-4-7-26(43)16-25)37(46)50-34-21-40-13-11-22(34)12-14-40;2-1-3/h3-10,15-16,19-20,22,28,34,43H,11-14,17-18,21H2,1-2H3,(H,44,45);1H,(H,2,3)/t28-,34-;/m0./s1. The fourth-order valence-corrected chi connectivity index (χ4v) is 7.66. The molecule has 15 heteroatoms. The first-order chi connectivity index (χ1) is 25.5. The van der Waals surface area contributed by atoms with Crippen LogP contribution in [-0.4, -0.2) is 78.7 Å². The number of aromatic hydroxyl groups is 1. The van der Waals surface area contributed by atoms with Gasteiger partial charge in [0, 0.05) is 24.1 Å². The molecule has 3 saturated heterocycles. The number of phenols is 1. The summed E-state index contributed by atoms with van der Waals surface area (Å²) in [7, 11) is 3.01. The maximum absolute atomic E-state index is 14.1. The first kappa shape index (κ1) is 39.0. The van der Waals surface area contributed by atoms with Crippen LogP contribution in [0.1, 0.15) is 51.4 Å². The number of phenolic OH excluding ortho intramolecular Hbond substituents is 1. The highest BCUT2D eigenvalue weighted by Gasteiger charge is 2.38. The van der Waals surface area contributed by atoms with Crippen molar-refractivity contribution in [3.63, 3.8) is 0 Å². The number of pyridine rings is 1. The van der Waals surface area contributed by atoms with Gasteiger partial charge in [0.25, 0.3) is 6.47 Å². The van der Waals surface area contributed by atoms with Gasteiger partial charge in [0.1, 0.15) is 21.9 Å². The van der Waals surface area contributed by atoms with Gasteiger partial charge in [0.2, 0.25) is 0 Å². The Morgan fingerprint density at radius 3 is 2.26 bits per heavy atom. The van der Waals surface area contributed by atoms with E-state index < -0.39 is 18.0 Å². The van der Waals surface area contributed by atoms with E-state index in [0.29, 0.717) is 50.7 Å². The first-order valence-corrected chi connectivity index (χ1v) is 17.4. The van der Waals surface area contributed by atoms with Crippen molar-refractivity contribution in [1.82, 2.24) is 4.90 Å². The highest BCUT2D eigenvalue weighted by molar-refractivity contribution is 6.35. The zero-order chi connectivity index (χ0) is 38.2. The molecular weight excluding hydrogens is 729 g/mol. The summed E-state index contributed by atoms with van der Waals surface area (Å²) in [6.45, 7) is 2.25. The van der Waals surface area contributed by atoms with Crippen molar-refractivity contribution in [2.24, 2.45) is 5.92 Å². The Morgan fingerprint density at radius 2 is 1.68 bits per heavy atom. The topological polar surface area (TPSA) is 173 Å². The van der Waals surface area contributed by atoms with E-state index in [1.807, 2.05) is 0 Å². The number of anilines is 1. The molecule has 280 valence electrons. The number of methoxy groups -OCH3 is 2. The normalized spacial score (nSPS) is 17.8. The van der Waals surface area contributed by atoms with Crippen molar-refractivity contribution in [3.8, 4) is 17.2 Å². The molecule has 4 heterocycles. The minimum absolute atomic E-state index is 0.00836. The van der Waals surface area contributed by atoms with Gasteiger partial charge in [-0.05, 0) is 85.3 Å². The van der Waals surface area contributed by atoms with Crippen LogP contribution in [0.3, 0.4) is 0 Å². The molecule has 2 atom stereocenters. The van der Waals surface area contributed by atoms with Gasteiger partial charge >= 0.3 is 12.1 Å². The van der Waals surface area contributed by atoms with Crippen LogP contribution in [0.15, 0.2) is 73.1 Å². The molecule has 3 N–H and O–H groups in total. The Balaban J connectivity index is 0.00000175. The summed E-state index contributed by atoms with van der Waals surface area (Å²) in [4.78, 5) is 39.1. The lowest BCUT2D eigenvalue weighted by atomic mass is 9.80. The van der Waals surface area contributed by atoms with E-state index in [1.165, 1.54) is 49.7 Å². The fourth-order valence-electron chi connectivity index (χ4n) is 7.06. The number of carboxylic acids is 1. The van der Waals surface area contributed by atoms with Gasteiger partial charge in [-0.15, -0.1) is 0 Å². The smallest absolute Gasteiger partial charge is 0.414 e. The lowest BCUT2D eigenvalue weighted by Crippen LogP contribution is -2.53. The number of hydrogen-bond donors (Lipinski definition) is 3. The number of carboxylic acid groups (broad SMARTS) is 2. The minimum Gasteiger partial charge on any atom is -0.619 e. The van der Waals surface area contributed by atoms with Gasteiger partial charge in [-0.1, -0.05) is 47.5 Å². The zero-order valence-corrected chi connectivity index (χ0v) is 30.5. The van der Waals surface area contributed by atoms with Gasteiger partial charge in [-0.25, -0.2) is 9.59 Å². The number of aromatic carboxylic acids is 1. The van der Waals surface area contributed by atoms with E-state index in [4.69, 9.17) is 47.3 Å². The number of fused-ring (bicyclic) bond motifs is 3. The fraction of sp³-hybridized carbons (Fsp3) is 0.316. The second-order valence-corrected chi connectivity index (χ2v) is 13.4. The molecule has 0 spiro atoms. The van der Waals surface area contributed by atoms with Crippen molar-refractivity contribution in [2.75, 3.05) is 38.8 Å². The summed E-state index contributed by atoms with van der Waals surface area (Å²) in [5.74, 6) is -0.824.